The number of hydrogen-bond donors (Lipinski definition) is 0. The van der Waals surface area contributed by atoms with E-state index in [4.69, 9.17) is 16.1 Å². The van der Waals surface area contributed by atoms with Gasteiger partial charge in [-0.1, -0.05) is 40.3 Å². The summed E-state index contributed by atoms with van der Waals surface area (Å²) in [5.41, 5.74) is 0.696. The second kappa shape index (κ2) is 5.72. The highest BCUT2D eigenvalue weighted by Gasteiger charge is 2.59. The molecular weight excluding hydrogens is 370 g/mol. The first kappa shape index (κ1) is 15.9. The molecule has 1 spiro atoms. The minimum absolute atomic E-state index is 0.0604. The summed E-state index contributed by atoms with van der Waals surface area (Å²) in [5.74, 6) is 1.43. The van der Waals surface area contributed by atoms with Gasteiger partial charge in [0.1, 0.15) is 5.76 Å². The van der Waals surface area contributed by atoms with Crippen LogP contribution in [0.15, 0.2) is 34.9 Å². The number of carbonyl (C=O) groups is 2. The Balaban J connectivity index is 1.82. The molecule has 1 atom stereocenters. The van der Waals surface area contributed by atoms with Crippen LogP contribution in [0.4, 0.5) is 11.5 Å². The molecule has 2 aliphatic heterocycles. The molecule has 6 nitrogen and oxygen atoms in total. The maximum atomic E-state index is 12.6. The number of rotatable bonds is 2. The van der Waals surface area contributed by atoms with Gasteiger partial charge in [-0.2, -0.15) is 0 Å². The Morgan fingerprint density at radius 3 is 2.33 bits per heavy atom. The van der Waals surface area contributed by atoms with Crippen LogP contribution in [0.2, 0.25) is 5.02 Å². The Kier molecular flexibility index (Phi) is 3.78. The molecule has 1 unspecified atom stereocenters. The molecule has 0 radical (unpaired) electrons. The van der Waals surface area contributed by atoms with E-state index in [1.165, 1.54) is 23.5 Å². The van der Waals surface area contributed by atoms with E-state index in [0.29, 0.717) is 22.3 Å². The molecule has 0 saturated carbocycles. The standard InChI is InChI=1S/C15H12ClN3O3S2/c1-9-6-12(17-22-9)19-14(21)8-24-15(19)18(13(20)7-23-15)11-4-2-10(16)3-5-11/h2-6H,7-8H2,1H3. The maximum absolute atomic E-state index is 12.6. The molecule has 4 rings (SSSR count). The molecule has 24 heavy (non-hydrogen) atoms. The lowest BCUT2D eigenvalue weighted by atomic mass is 10.3. The fourth-order valence-electron chi connectivity index (χ4n) is 2.78. The molecule has 2 aromatic rings. The third-order valence-corrected chi connectivity index (χ3v) is 6.98. The molecule has 2 fully saturated rings. The number of hydrogen-bond acceptors (Lipinski definition) is 6. The molecule has 1 aromatic carbocycles. The summed E-state index contributed by atoms with van der Waals surface area (Å²) in [4.78, 5) is 28.3. The SMILES string of the molecule is Cc1cc(N2C(=O)CSC23SCC(=O)N3c2ccc(Cl)cc2)no1. The lowest BCUT2D eigenvalue weighted by Gasteiger charge is -2.38. The van der Waals surface area contributed by atoms with Crippen molar-refractivity contribution >= 4 is 58.4 Å². The third-order valence-electron chi connectivity index (χ3n) is 3.76. The normalized spacial score (nSPS) is 23.8. The lowest BCUT2D eigenvalue weighted by Crippen LogP contribution is -2.53. The topological polar surface area (TPSA) is 66.7 Å². The minimum Gasteiger partial charge on any atom is -0.360 e. The van der Waals surface area contributed by atoms with Gasteiger partial charge in [-0.05, 0) is 31.2 Å². The molecular formula is C15H12ClN3O3S2. The average molecular weight is 382 g/mol. The van der Waals surface area contributed by atoms with Crippen molar-refractivity contribution in [2.45, 2.75) is 11.3 Å². The van der Waals surface area contributed by atoms with Gasteiger partial charge in [-0.3, -0.25) is 14.5 Å². The zero-order valence-electron chi connectivity index (χ0n) is 12.6. The monoisotopic (exact) mass is 381 g/mol. The Hall–Kier alpha value is -1.64. The van der Waals surface area contributed by atoms with Crippen LogP contribution in [-0.2, 0) is 9.59 Å². The Morgan fingerprint density at radius 2 is 1.75 bits per heavy atom. The Morgan fingerprint density at radius 1 is 1.12 bits per heavy atom. The molecule has 2 amide bonds. The fraction of sp³-hybridized carbons (Fsp3) is 0.267. The van der Waals surface area contributed by atoms with Crippen molar-refractivity contribution in [3.05, 3.63) is 41.1 Å². The van der Waals surface area contributed by atoms with Crippen molar-refractivity contribution in [1.82, 2.24) is 5.16 Å². The number of benzene rings is 1. The molecule has 2 saturated heterocycles. The second-order valence-electron chi connectivity index (χ2n) is 5.36. The highest BCUT2D eigenvalue weighted by molar-refractivity contribution is 8.20. The summed E-state index contributed by atoms with van der Waals surface area (Å²) in [6.45, 7) is 1.76. The number of aryl methyl sites for hydroxylation is 1. The molecule has 3 heterocycles. The number of anilines is 2. The van der Waals surface area contributed by atoms with E-state index < -0.39 is 4.33 Å². The van der Waals surface area contributed by atoms with Gasteiger partial charge < -0.3 is 4.52 Å². The van der Waals surface area contributed by atoms with Gasteiger partial charge in [-0.25, -0.2) is 4.90 Å². The predicted molar refractivity (Wildman–Crippen MR) is 95.3 cm³/mol. The number of thioether (sulfide) groups is 2. The van der Waals surface area contributed by atoms with E-state index in [1.807, 2.05) is 0 Å². The van der Waals surface area contributed by atoms with Crippen LogP contribution in [0.5, 0.6) is 0 Å². The predicted octanol–water partition coefficient (Wildman–Crippen LogP) is 3.11. The third kappa shape index (κ3) is 2.32. The largest absolute Gasteiger partial charge is 0.360 e. The number of amides is 2. The number of nitrogens with zero attached hydrogens (tertiary/aromatic N) is 3. The minimum atomic E-state index is -0.884. The summed E-state index contributed by atoms with van der Waals surface area (Å²) in [6, 6.07) is 8.72. The van der Waals surface area contributed by atoms with Crippen molar-refractivity contribution in [3.8, 4) is 0 Å². The molecule has 0 N–H and O–H groups in total. The zero-order chi connectivity index (χ0) is 16.9. The van der Waals surface area contributed by atoms with Gasteiger partial charge in [0.2, 0.25) is 16.1 Å². The van der Waals surface area contributed by atoms with Crippen LogP contribution in [0.25, 0.3) is 0 Å². The summed E-state index contributed by atoms with van der Waals surface area (Å²) in [5, 5.41) is 4.57. The van der Waals surface area contributed by atoms with Gasteiger partial charge in [0, 0.05) is 16.8 Å². The highest BCUT2D eigenvalue weighted by atomic mass is 35.5. The van der Waals surface area contributed by atoms with Crippen molar-refractivity contribution in [2.24, 2.45) is 0 Å². The quantitative estimate of drug-likeness (QED) is 0.796. The van der Waals surface area contributed by atoms with Gasteiger partial charge in [0.25, 0.3) is 0 Å². The molecule has 0 bridgehead atoms. The summed E-state index contributed by atoms with van der Waals surface area (Å²) >= 11 is 8.78. The van der Waals surface area contributed by atoms with Crippen LogP contribution < -0.4 is 9.80 Å². The van der Waals surface area contributed by atoms with Gasteiger partial charge in [0.15, 0.2) is 5.82 Å². The smallest absolute Gasteiger partial charge is 0.241 e. The maximum Gasteiger partial charge on any atom is 0.241 e. The van der Waals surface area contributed by atoms with E-state index in [0.717, 1.165) is 0 Å². The molecule has 9 heteroatoms. The Bertz CT molecular complexity index is 822. The van der Waals surface area contributed by atoms with Crippen molar-refractivity contribution in [2.75, 3.05) is 21.3 Å². The fourth-order valence-corrected chi connectivity index (χ4v) is 5.80. The first-order valence-electron chi connectivity index (χ1n) is 7.14. The van der Waals surface area contributed by atoms with Crippen molar-refractivity contribution < 1.29 is 14.1 Å². The van der Waals surface area contributed by atoms with Crippen molar-refractivity contribution in [3.63, 3.8) is 0 Å². The van der Waals surface area contributed by atoms with Crippen LogP contribution >= 0.6 is 35.1 Å². The molecule has 2 aliphatic rings. The number of aromatic nitrogens is 1. The van der Waals surface area contributed by atoms with E-state index in [9.17, 15) is 9.59 Å². The number of carbonyl (C=O) groups excluding carboxylic acids is 2. The van der Waals surface area contributed by atoms with Crippen LogP contribution in [0.3, 0.4) is 0 Å². The average Bonchev–Trinajstić information content (AvgIpc) is 3.21. The van der Waals surface area contributed by atoms with Gasteiger partial charge >= 0.3 is 0 Å². The number of halogens is 1. The van der Waals surface area contributed by atoms with Crippen LogP contribution in [0, 0.1) is 6.92 Å². The summed E-state index contributed by atoms with van der Waals surface area (Å²) in [6.07, 6.45) is 0. The first-order chi connectivity index (χ1) is 11.5. The lowest BCUT2D eigenvalue weighted by molar-refractivity contribution is -0.116. The van der Waals surface area contributed by atoms with E-state index in [1.54, 1.807) is 47.1 Å². The van der Waals surface area contributed by atoms with E-state index in [2.05, 4.69) is 5.16 Å². The highest BCUT2D eigenvalue weighted by Crippen LogP contribution is 2.54. The second-order valence-corrected chi connectivity index (χ2v) is 8.34. The van der Waals surface area contributed by atoms with E-state index >= 15 is 0 Å². The van der Waals surface area contributed by atoms with Gasteiger partial charge in [0.05, 0.1) is 11.5 Å². The van der Waals surface area contributed by atoms with Gasteiger partial charge in [-0.15, -0.1) is 0 Å². The van der Waals surface area contributed by atoms with Crippen LogP contribution in [-0.4, -0.2) is 32.8 Å². The summed E-state index contributed by atoms with van der Waals surface area (Å²) < 4.78 is 4.24. The van der Waals surface area contributed by atoms with Crippen molar-refractivity contribution in [1.29, 1.82) is 0 Å². The molecule has 0 aliphatic carbocycles. The molecule has 124 valence electrons. The summed E-state index contributed by atoms with van der Waals surface area (Å²) in [7, 11) is 0. The first-order valence-corrected chi connectivity index (χ1v) is 9.49. The molecule has 1 aromatic heterocycles. The zero-order valence-corrected chi connectivity index (χ0v) is 15.0. The van der Waals surface area contributed by atoms with Crippen LogP contribution in [0.1, 0.15) is 5.76 Å². The Labute approximate surface area is 151 Å². The van der Waals surface area contributed by atoms with E-state index in [-0.39, 0.29) is 23.3 Å².